The molecule has 94 valence electrons. The van der Waals surface area contributed by atoms with Gasteiger partial charge in [0, 0.05) is 35.8 Å². The molecule has 2 aromatic heterocycles. The molecule has 1 atom stereocenters. The summed E-state index contributed by atoms with van der Waals surface area (Å²) in [5.74, 6) is 0. The monoisotopic (exact) mass is 278 g/mol. The van der Waals surface area contributed by atoms with Crippen molar-refractivity contribution in [3.63, 3.8) is 0 Å². The Morgan fingerprint density at radius 2 is 2.39 bits per heavy atom. The van der Waals surface area contributed by atoms with Gasteiger partial charge in [-0.1, -0.05) is 17.7 Å². The SMILES string of the molecule is CC1c2ccsc2CCN1Cc1cccnc1Cl. The van der Waals surface area contributed by atoms with Gasteiger partial charge in [0.25, 0.3) is 0 Å². The molecule has 2 nitrogen and oxygen atoms in total. The molecular formula is C14H15ClN2S. The lowest BCUT2D eigenvalue weighted by atomic mass is 10.0. The normalized spacial score (nSPS) is 19.8. The van der Waals surface area contributed by atoms with Crippen LogP contribution >= 0.6 is 22.9 Å². The van der Waals surface area contributed by atoms with E-state index >= 15 is 0 Å². The van der Waals surface area contributed by atoms with Gasteiger partial charge in [-0.25, -0.2) is 4.98 Å². The Morgan fingerprint density at radius 3 is 3.22 bits per heavy atom. The van der Waals surface area contributed by atoms with Crippen LogP contribution in [0.2, 0.25) is 5.15 Å². The van der Waals surface area contributed by atoms with E-state index in [2.05, 4.69) is 34.3 Å². The van der Waals surface area contributed by atoms with Crippen molar-refractivity contribution in [2.45, 2.75) is 25.9 Å². The van der Waals surface area contributed by atoms with Gasteiger partial charge in [-0.2, -0.15) is 0 Å². The molecule has 4 heteroatoms. The number of fused-ring (bicyclic) bond motifs is 1. The molecule has 0 spiro atoms. The standard InChI is InChI=1S/C14H15ClN2S/c1-10-12-5-8-18-13(12)4-7-17(10)9-11-3-2-6-16-14(11)15/h2-3,5-6,8,10H,4,7,9H2,1H3. The molecule has 3 heterocycles. The lowest BCUT2D eigenvalue weighted by molar-refractivity contribution is 0.191. The molecule has 0 bridgehead atoms. The lowest BCUT2D eigenvalue weighted by Gasteiger charge is -2.33. The number of hydrogen-bond donors (Lipinski definition) is 0. The Kier molecular flexibility index (Phi) is 3.37. The zero-order valence-corrected chi connectivity index (χ0v) is 11.8. The van der Waals surface area contributed by atoms with Gasteiger partial charge in [-0.05, 0) is 36.4 Å². The molecule has 0 amide bonds. The van der Waals surface area contributed by atoms with Crippen molar-refractivity contribution in [3.8, 4) is 0 Å². The summed E-state index contributed by atoms with van der Waals surface area (Å²) in [5, 5.41) is 2.82. The van der Waals surface area contributed by atoms with E-state index in [9.17, 15) is 0 Å². The maximum absolute atomic E-state index is 6.13. The van der Waals surface area contributed by atoms with E-state index in [4.69, 9.17) is 11.6 Å². The van der Waals surface area contributed by atoms with E-state index in [1.54, 1.807) is 6.20 Å². The van der Waals surface area contributed by atoms with E-state index in [-0.39, 0.29) is 0 Å². The Balaban J connectivity index is 1.81. The van der Waals surface area contributed by atoms with Crippen molar-refractivity contribution in [2.24, 2.45) is 0 Å². The van der Waals surface area contributed by atoms with Crippen molar-refractivity contribution in [2.75, 3.05) is 6.54 Å². The largest absolute Gasteiger partial charge is 0.292 e. The van der Waals surface area contributed by atoms with Crippen molar-refractivity contribution in [1.29, 1.82) is 0 Å². The predicted molar refractivity (Wildman–Crippen MR) is 76.1 cm³/mol. The molecule has 0 saturated carbocycles. The topological polar surface area (TPSA) is 16.1 Å². The molecule has 0 aliphatic carbocycles. The van der Waals surface area contributed by atoms with Gasteiger partial charge in [0.05, 0.1) is 0 Å². The number of pyridine rings is 1. The molecular weight excluding hydrogens is 264 g/mol. The number of aromatic nitrogens is 1. The van der Waals surface area contributed by atoms with Crippen molar-refractivity contribution in [1.82, 2.24) is 9.88 Å². The molecule has 0 fully saturated rings. The maximum Gasteiger partial charge on any atom is 0.133 e. The van der Waals surface area contributed by atoms with Gasteiger partial charge in [-0.15, -0.1) is 11.3 Å². The smallest absolute Gasteiger partial charge is 0.133 e. The van der Waals surface area contributed by atoms with Gasteiger partial charge in [0.2, 0.25) is 0 Å². The fourth-order valence-electron chi connectivity index (χ4n) is 2.53. The van der Waals surface area contributed by atoms with Crippen molar-refractivity contribution in [3.05, 3.63) is 50.9 Å². The first kappa shape index (κ1) is 12.2. The van der Waals surface area contributed by atoms with Crippen LogP contribution in [0.4, 0.5) is 0 Å². The first-order valence-electron chi connectivity index (χ1n) is 6.15. The number of nitrogens with zero attached hydrogens (tertiary/aromatic N) is 2. The van der Waals surface area contributed by atoms with Crippen LogP contribution in [-0.2, 0) is 13.0 Å². The molecule has 2 aromatic rings. The number of thiophene rings is 1. The zero-order valence-electron chi connectivity index (χ0n) is 10.3. The summed E-state index contributed by atoms with van der Waals surface area (Å²) in [6, 6.07) is 6.73. The highest BCUT2D eigenvalue weighted by atomic mass is 35.5. The Morgan fingerprint density at radius 1 is 1.50 bits per heavy atom. The summed E-state index contributed by atoms with van der Waals surface area (Å²) >= 11 is 8.01. The lowest BCUT2D eigenvalue weighted by Crippen LogP contribution is -2.32. The van der Waals surface area contributed by atoms with Crippen LogP contribution in [-0.4, -0.2) is 16.4 Å². The molecule has 0 N–H and O–H groups in total. The summed E-state index contributed by atoms with van der Waals surface area (Å²) in [6.45, 7) is 4.25. The average molecular weight is 279 g/mol. The maximum atomic E-state index is 6.13. The second kappa shape index (κ2) is 5.00. The van der Waals surface area contributed by atoms with Crippen molar-refractivity contribution < 1.29 is 0 Å². The summed E-state index contributed by atoms with van der Waals surface area (Å²) in [7, 11) is 0. The van der Waals surface area contributed by atoms with Crippen LogP contribution in [0.25, 0.3) is 0 Å². The van der Waals surface area contributed by atoms with E-state index in [1.807, 2.05) is 17.4 Å². The van der Waals surface area contributed by atoms with Gasteiger partial charge in [0.15, 0.2) is 0 Å². The van der Waals surface area contributed by atoms with E-state index in [1.165, 1.54) is 10.4 Å². The molecule has 0 aromatic carbocycles. The number of hydrogen-bond acceptors (Lipinski definition) is 3. The van der Waals surface area contributed by atoms with Crippen molar-refractivity contribution >= 4 is 22.9 Å². The second-order valence-corrected chi connectivity index (χ2v) is 6.01. The van der Waals surface area contributed by atoms with Crippen LogP contribution in [0.15, 0.2) is 29.8 Å². The summed E-state index contributed by atoms with van der Waals surface area (Å²) < 4.78 is 0. The molecule has 0 radical (unpaired) electrons. The predicted octanol–water partition coefficient (Wildman–Crippen LogP) is 3.92. The van der Waals surface area contributed by atoms with Gasteiger partial charge < -0.3 is 0 Å². The highest BCUT2D eigenvalue weighted by Crippen LogP contribution is 2.34. The van der Waals surface area contributed by atoms with E-state index in [0.717, 1.165) is 25.1 Å². The molecule has 0 saturated heterocycles. The quantitative estimate of drug-likeness (QED) is 0.774. The molecule has 3 rings (SSSR count). The minimum absolute atomic E-state index is 0.469. The fraction of sp³-hybridized carbons (Fsp3) is 0.357. The van der Waals surface area contributed by atoms with Gasteiger partial charge in [0.1, 0.15) is 5.15 Å². The fourth-order valence-corrected chi connectivity index (χ4v) is 3.68. The van der Waals surface area contributed by atoms with Crippen LogP contribution in [0.3, 0.4) is 0 Å². The van der Waals surface area contributed by atoms with Crippen LogP contribution in [0, 0.1) is 0 Å². The number of halogens is 1. The van der Waals surface area contributed by atoms with Crippen LogP contribution < -0.4 is 0 Å². The Bertz CT molecular complexity index is 552. The molecule has 1 aliphatic heterocycles. The third-order valence-electron chi connectivity index (χ3n) is 3.61. The third-order valence-corrected chi connectivity index (χ3v) is 4.95. The first-order valence-corrected chi connectivity index (χ1v) is 7.41. The Hall–Kier alpha value is -0.900. The van der Waals surface area contributed by atoms with Gasteiger partial charge in [-0.3, -0.25) is 4.90 Å². The van der Waals surface area contributed by atoms with Gasteiger partial charge >= 0.3 is 0 Å². The highest BCUT2D eigenvalue weighted by Gasteiger charge is 2.24. The van der Waals surface area contributed by atoms with E-state index < -0.39 is 0 Å². The molecule has 1 aliphatic rings. The molecule has 1 unspecified atom stereocenters. The minimum Gasteiger partial charge on any atom is -0.292 e. The summed E-state index contributed by atoms with van der Waals surface area (Å²) in [6.07, 6.45) is 2.89. The molecule has 18 heavy (non-hydrogen) atoms. The number of rotatable bonds is 2. The summed E-state index contributed by atoms with van der Waals surface area (Å²) in [4.78, 5) is 8.15. The Labute approximate surface area is 116 Å². The first-order chi connectivity index (χ1) is 8.75. The second-order valence-electron chi connectivity index (χ2n) is 4.65. The third kappa shape index (κ3) is 2.18. The minimum atomic E-state index is 0.469. The van der Waals surface area contributed by atoms with Crippen LogP contribution in [0.1, 0.15) is 29.0 Å². The zero-order chi connectivity index (χ0) is 12.5. The van der Waals surface area contributed by atoms with Crippen LogP contribution in [0.5, 0.6) is 0 Å². The average Bonchev–Trinajstić information content (AvgIpc) is 2.84. The summed E-state index contributed by atoms with van der Waals surface area (Å²) in [5.41, 5.74) is 2.59. The highest BCUT2D eigenvalue weighted by molar-refractivity contribution is 7.10. The van der Waals surface area contributed by atoms with E-state index in [0.29, 0.717) is 11.2 Å².